The number of nitrogens with two attached hydrogens (primary N) is 2. The quantitative estimate of drug-likeness (QED) is 0.191. The first-order chi connectivity index (χ1) is 15.9. The maximum absolute atomic E-state index is 12.9. The average molecular weight is 464 g/mol. The Balaban J connectivity index is 1.85. The van der Waals surface area contributed by atoms with Crippen LogP contribution < -0.4 is 28.0 Å². The summed E-state index contributed by atoms with van der Waals surface area (Å²) in [7, 11) is 0. The van der Waals surface area contributed by atoms with Crippen molar-refractivity contribution in [1.82, 2.24) is 9.99 Å². The lowest BCUT2D eigenvalue weighted by Crippen LogP contribution is -2.33. The predicted molar refractivity (Wildman–Crippen MR) is 128 cm³/mol. The molecule has 1 heterocycles. The summed E-state index contributed by atoms with van der Waals surface area (Å²) < 4.78 is 1.36. The molecule has 1 atom stereocenters. The van der Waals surface area contributed by atoms with Crippen LogP contribution in [0, 0.1) is 11.3 Å². The Labute approximate surface area is 195 Å². The lowest BCUT2D eigenvalue weighted by molar-refractivity contribution is -0.119. The largest absolute Gasteiger partial charge is 0.324 e. The minimum Gasteiger partial charge on any atom is -0.324 e. The zero-order valence-electron chi connectivity index (χ0n) is 17.7. The fourth-order valence-corrected chi connectivity index (χ4v) is 3.58. The highest BCUT2D eigenvalue weighted by Crippen LogP contribution is 2.26. The van der Waals surface area contributed by atoms with Crippen LogP contribution in [0.2, 0.25) is 5.02 Å². The highest BCUT2D eigenvalue weighted by atomic mass is 35.5. The minimum absolute atomic E-state index is 0.296. The number of carbonyl (C=O) groups excluding carboxylic acids is 1. The zero-order chi connectivity index (χ0) is 24.0. The molecule has 1 unspecified atom stereocenters. The van der Waals surface area contributed by atoms with Gasteiger partial charge in [0.05, 0.1) is 11.6 Å². The molecule has 1 aromatic heterocycles. The van der Waals surface area contributed by atoms with Crippen molar-refractivity contribution >= 4 is 29.0 Å². The van der Waals surface area contributed by atoms with E-state index in [9.17, 15) is 14.9 Å². The minimum atomic E-state index is -0.729. The van der Waals surface area contributed by atoms with Crippen molar-refractivity contribution in [3.8, 4) is 17.2 Å². The van der Waals surface area contributed by atoms with Gasteiger partial charge in [-0.15, -0.1) is 0 Å². The summed E-state index contributed by atoms with van der Waals surface area (Å²) in [5.74, 6) is 10.6. The van der Waals surface area contributed by atoms with E-state index in [2.05, 4.69) is 21.9 Å². The molecule has 3 aromatic rings. The van der Waals surface area contributed by atoms with Gasteiger partial charge < -0.3 is 21.2 Å². The van der Waals surface area contributed by atoms with Gasteiger partial charge in [-0.2, -0.15) is 10.4 Å². The molecule has 33 heavy (non-hydrogen) atoms. The SMILES string of the molecule is CCC(C(=O)Nc1ccc(/C(=N/N)NN)cc1)n1ccc(-c2cc(Cl)ccc2C#N)cc1=O. The number of carbonyl (C=O) groups is 1. The van der Waals surface area contributed by atoms with E-state index in [1.807, 2.05) is 6.92 Å². The summed E-state index contributed by atoms with van der Waals surface area (Å²) in [6.07, 6.45) is 1.94. The number of rotatable bonds is 6. The third-order valence-corrected chi connectivity index (χ3v) is 5.31. The number of halogens is 1. The van der Waals surface area contributed by atoms with Gasteiger partial charge in [-0.25, -0.2) is 5.84 Å². The molecular formula is C23H22ClN7O2. The molecule has 168 valence electrons. The van der Waals surface area contributed by atoms with Crippen LogP contribution >= 0.6 is 11.6 Å². The van der Waals surface area contributed by atoms with Gasteiger partial charge >= 0.3 is 0 Å². The molecule has 0 bridgehead atoms. The van der Waals surface area contributed by atoms with E-state index in [1.54, 1.807) is 54.7 Å². The summed E-state index contributed by atoms with van der Waals surface area (Å²) in [5, 5.41) is 16.2. The molecule has 1 amide bonds. The molecule has 2 aromatic carbocycles. The maximum atomic E-state index is 12.9. The van der Waals surface area contributed by atoms with Crippen LogP contribution in [0.25, 0.3) is 11.1 Å². The Morgan fingerprint density at radius 3 is 2.52 bits per heavy atom. The third-order valence-electron chi connectivity index (χ3n) is 5.08. The number of nitriles is 1. The third kappa shape index (κ3) is 5.20. The first-order valence-electron chi connectivity index (χ1n) is 9.99. The van der Waals surface area contributed by atoms with Crippen molar-refractivity contribution in [3.05, 3.63) is 87.3 Å². The van der Waals surface area contributed by atoms with Crippen molar-refractivity contribution < 1.29 is 4.79 Å². The van der Waals surface area contributed by atoms with Gasteiger partial charge in [-0.05, 0) is 60.5 Å². The van der Waals surface area contributed by atoms with E-state index in [0.717, 1.165) is 0 Å². The first-order valence-corrected chi connectivity index (χ1v) is 10.4. The predicted octanol–water partition coefficient (Wildman–Crippen LogP) is 2.71. The molecule has 10 heteroatoms. The summed E-state index contributed by atoms with van der Waals surface area (Å²) in [6, 6.07) is 16.0. The van der Waals surface area contributed by atoms with Gasteiger partial charge in [0, 0.05) is 34.1 Å². The fraction of sp³-hybridized carbons (Fsp3) is 0.130. The van der Waals surface area contributed by atoms with E-state index >= 15 is 0 Å². The molecule has 3 rings (SSSR count). The highest BCUT2D eigenvalue weighted by molar-refractivity contribution is 6.30. The molecule has 0 aliphatic heterocycles. The van der Waals surface area contributed by atoms with Gasteiger partial charge in [-0.3, -0.25) is 9.59 Å². The Hall–Kier alpha value is -4.13. The molecule has 0 saturated heterocycles. The number of nitrogens with zero attached hydrogens (tertiary/aromatic N) is 3. The second-order valence-electron chi connectivity index (χ2n) is 7.08. The number of pyridine rings is 1. The van der Waals surface area contributed by atoms with Crippen molar-refractivity contribution in [2.24, 2.45) is 16.8 Å². The Morgan fingerprint density at radius 1 is 1.21 bits per heavy atom. The van der Waals surface area contributed by atoms with Crippen molar-refractivity contribution in [2.75, 3.05) is 5.32 Å². The number of amidine groups is 1. The average Bonchev–Trinajstić information content (AvgIpc) is 2.82. The number of hydrogen-bond donors (Lipinski definition) is 4. The second kappa shape index (κ2) is 10.5. The zero-order valence-corrected chi connectivity index (χ0v) is 18.5. The number of nitrogens with one attached hydrogen (secondary N) is 2. The number of hydrogen-bond acceptors (Lipinski definition) is 6. The van der Waals surface area contributed by atoms with E-state index in [1.165, 1.54) is 10.6 Å². The summed E-state index contributed by atoms with van der Waals surface area (Å²) >= 11 is 6.06. The van der Waals surface area contributed by atoms with Gasteiger partial charge in [0.2, 0.25) is 5.91 Å². The van der Waals surface area contributed by atoms with E-state index in [0.29, 0.717) is 45.2 Å². The molecule has 0 spiro atoms. The number of anilines is 1. The van der Waals surface area contributed by atoms with Gasteiger partial charge in [-0.1, -0.05) is 18.5 Å². The lowest BCUT2D eigenvalue weighted by atomic mass is 10.0. The van der Waals surface area contributed by atoms with E-state index in [4.69, 9.17) is 23.3 Å². The molecule has 9 nitrogen and oxygen atoms in total. The topological polar surface area (TPSA) is 151 Å². The lowest BCUT2D eigenvalue weighted by Gasteiger charge is -2.18. The summed E-state index contributed by atoms with van der Waals surface area (Å²) in [5.41, 5.74) is 4.71. The van der Waals surface area contributed by atoms with E-state index < -0.39 is 6.04 Å². The normalized spacial score (nSPS) is 12.0. The van der Waals surface area contributed by atoms with Crippen molar-refractivity contribution in [3.63, 3.8) is 0 Å². The monoisotopic (exact) mass is 463 g/mol. The molecule has 0 aliphatic rings. The number of hydrazine groups is 1. The van der Waals surface area contributed by atoms with Gasteiger partial charge in [0.15, 0.2) is 5.84 Å². The van der Waals surface area contributed by atoms with Crippen LogP contribution in [0.4, 0.5) is 5.69 Å². The van der Waals surface area contributed by atoms with Crippen LogP contribution in [0.1, 0.15) is 30.5 Å². The Kier molecular flexibility index (Phi) is 7.46. The summed E-state index contributed by atoms with van der Waals surface area (Å²) in [4.78, 5) is 25.8. The molecular weight excluding hydrogens is 442 g/mol. The van der Waals surface area contributed by atoms with Crippen molar-refractivity contribution in [2.45, 2.75) is 19.4 Å². The van der Waals surface area contributed by atoms with E-state index in [-0.39, 0.29) is 11.5 Å². The molecule has 0 aliphatic carbocycles. The van der Waals surface area contributed by atoms with Crippen LogP contribution in [-0.2, 0) is 4.79 Å². The summed E-state index contributed by atoms with van der Waals surface area (Å²) in [6.45, 7) is 1.81. The number of aromatic nitrogens is 1. The molecule has 6 N–H and O–H groups in total. The number of benzene rings is 2. The maximum Gasteiger partial charge on any atom is 0.251 e. The van der Waals surface area contributed by atoms with Crippen LogP contribution in [0.5, 0.6) is 0 Å². The smallest absolute Gasteiger partial charge is 0.251 e. The van der Waals surface area contributed by atoms with Crippen LogP contribution in [0.3, 0.4) is 0 Å². The fourth-order valence-electron chi connectivity index (χ4n) is 3.41. The second-order valence-corrected chi connectivity index (χ2v) is 7.51. The van der Waals surface area contributed by atoms with Gasteiger partial charge in [0.1, 0.15) is 6.04 Å². The highest BCUT2D eigenvalue weighted by Gasteiger charge is 2.20. The molecule has 0 fully saturated rings. The van der Waals surface area contributed by atoms with Crippen LogP contribution in [0.15, 0.2) is 70.7 Å². The first kappa shape index (κ1) is 23.5. The standard InChI is InChI=1S/C23H22ClN7O2/c1-2-20(23(33)28-18-7-4-14(5-8-18)22(29-26)30-27)31-10-9-15(11-21(31)32)19-12-17(24)6-3-16(19)13-25/h3-12,20H,2,26-27H2,1H3,(H,28,33)(H,29,30). The Bertz CT molecular complexity index is 1290. The van der Waals surface area contributed by atoms with Crippen LogP contribution in [-0.4, -0.2) is 16.3 Å². The van der Waals surface area contributed by atoms with Crippen molar-refractivity contribution in [1.29, 1.82) is 5.26 Å². The Morgan fingerprint density at radius 2 is 1.94 bits per heavy atom. The number of hydrazone groups is 1. The molecule has 0 saturated carbocycles. The number of amides is 1. The molecule has 0 radical (unpaired) electrons. The van der Waals surface area contributed by atoms with Gasteiger partial charge in [0.25, 0.3) is 5.56 Å².